The molecule has 0 aliphatic carbocycles. The Labute approximate surface area is 85.8 Å². The number of hydrogen-bond donors (Lipinski definition) is 0. The van der Waals surface area contributed by atoms with Crippen molar-refractivity contribution in [2.24, 2.45) is 0 Å². The summed E-state index contributed by atoms with van der Waals surface area (Å²) >= 11 is 0.709. The minimum absolute atomic E-state index is 0. The van der Waals surface area contributed by atoms with Gasteiger partial charge in [-0.15, -0.1) is 0 Å². The molecule has 0 heterocycles. The largest absolute Gasteiger partial charge is 0.870 e. The summed E-state index contributed by atoms with van der Waals surface area (Å²) in [7, 11) is 0. The summed E-state index contributed by atoms with van der Waals surface area (Å²) in [5.74, 6) is 0.697. The maximum Gasteiger partial charge on any atom is -0.870 e. The van der Waals surface area contributed by atoms with Gasteiger partial charge in [0.25, 0.3) is 0 Å². The standard InChI is InChI=1S/C7H5O2.2H2O.Tl/c8-6-9-7-4-2-1-3-5-7;;;/h1-4,6H;2*1H2;/q;;;+2/p-2. The Morgan fingerprint density at radius 2 is 1.83 bits per heavy atom. The van der Waals surface area contributed by atoms with Crippen molar-refractivity contribution in [1.29, 1.82) is 0 Å². The molecule has 0 spiro atoms. The first-order valence-electron chi connectivity index (χ1n) is 2.79. The van der Waals surface area contributed by atoms with Gasteiger partial charge in [-0.25, -0.2) is 0 Å². The average molecular weight is 360 g/mol. The monoisotopic (exact) mass is 360 g/mol. The van der Waals surface area contributed by atoms with Crippen LogP contribution in [0.25, 0.3) is 0 Å². The van der Waals surface area contributed by atoms with E-state index in [0.29, 0.717) is 38.0 Å². The van der Waals surface area contributed by atoms with Gasteiger partial charge in [0, 0.05) is 0 Å². The SMILES string of the molecule is O=COc1cccc[c]1[Tl+2].[OH-].[OH-]. The van der Waals surface area contributed by atoms with Crippen LogP contribution in [0.15, 0.2) is 24.3 Å². The molecule has 0 saturated heterocycles. The Hall–Kier alpha value is -0.468. The molecule has 4 nitrogen and oxygen atoms in total. The van der Waals surface area contributed by atoms with Gasteiger partial charge in [0.1, 0.15) is 0 Å². The second kappa shape index (κ2) is 7.20. The smallest absolute Gasteiger partial charge is 0.870 e. The molecule has 62 valence electrons. The van der Waals surface area contributed by atoms with Gasteiger partial charge < -0.3 is 11.0 Å². The van der Waals surface area contributed by atoms with Crippen LogP contribution in [0.5, 0.6) is 5.75 Å². The molecule has 1 rings (SSSR count). The van der Waals surface area contributed by atoms with E-state index in [4.69, 9.17) is 4.74 Å². The van der Waals surface area contributed by atoms with Crippen LogP contribution < -0.4 is 7.86 Å². The maximum absolute atomic E-state index is 9.92. The van der Waals surface area contributed by atoms with Crippen molar-refractivity contribution in [2.75, 3.05) is 0 Å². The van der Waals surface area contributed by atoms with E-state index in [1.807, 2.05) is 18.2 Å². The zero-order valence-electron chi connectivity index (χ0n) is 6.18. The first-order chi connectivity index (χ1) is 4.84. The van der Waals surface area contributed by atoms with Gasteiger partial charge in [-0.1, -0.05) is 0 Å². The minimum Gasteiger partial charge on any atom is -0.870 e. The molecule has 1 aromatic rings. The molecule has 5 heteroatoms. The number of benzene rings is 1. The van der Waals surface area contributed by atoms with E-state index in [2.05, 4.69) is 0 Å². The van der Waals surface area contributed by atoms with Crippen molar-refractivity contribution in [1.82, 2.24) is 0 Å². The van der Waals surface area contributed by atoms with Crippen LogP contribution in [0, 0.1) is 0 Å². The first kappa shape index (κ1) is 14.1. The summed E-state index contributed by atoms with van der Waals surface area (Å²) in [6.07, 6.45) is 0. The van der Waals surface area contributed by atoms with Crippen molar-refractivity contribution in [3.63, 3.8) is 0 Å². The van der Waals surface area contributed by atoms with E-state index in [0.717, 1.165) is 3.12 Å². The molecular weight excluding hydrogens is 352 g/mol. The fraction of sp³-hybridized carbons (Fsp3) is 0. The summed E-state index contributed by atoms with van der Waals surface area (Å²) in [6, 6.07) is 7.55. The van der Waals surface area contributed by atoms with Crippen molar-refractivity contribution >= 4 is 35.4 Å². The molecule has 0 atom stereocenters. The average Bonchev–Trinajstić information content (AvgIpc) is 1.94. The van der Waals surface area contributed by atoms with Crippen molar-refractivity contribution in [3.8, 4) is 5.75 Å². The number of carbonyl (C=O) groups excluding carboxylic acids is 1. The van der Waals surface area contributed by atoms with E-state index in [1.54, 1.807) is 6.07 Å². The van der Waals surface area contributed by atoms with Crippen LogP contribution in [0.1, 0.15) is 0 Å². The Bertz CT molecular complexity index is 239. The fourth-order valence-corrected chi connectivity index (χ4v) is 1.71. The molecule has 0 fully saturated rings. The van der Waals surface area contributed by atoms with Crippen LogP contribution in [-0.4, -0.2) is 43.2 Å². The second-order valence-electron chi connectivity index (χ2n) is 1.75. The molecule has 0 aliphatic rings. The summed E-state index contributed by atoms with van der Waals surface area (Å²) in [6.45, 7) is 0.460. The van der Waals surface area contributed by atoms with Crippen molar-refractivity contribution in [3.05, 3.63) is 24.3 Å². The quantitative estimate of drug-likeness (QED) is 0.534. The molecule has 2 N–H and O–H groups in total. The summed E-state index contributed by atoms with van der Waals surface area (Å²) in [5.41, 5.74) is 0. The van der Waals surface area contributed by atoms with Crippen LogP contribution in [0.3, 0.4) is 0 Å². The molecule has 0 amide bonds. The van der Waals surface area contributed by atoms with E-state index < -0.39 is 0 Å². The summed E-state index contributed by atoms with van der Waals surface area (Å²) in [4.78, 5) is 9.92. The Kier molecular flexibility index (Phi) is 8.44. The first-order valence-corrected chi connectivity index (χ1v) is 5.04. The van der Waals surface area contributed by atoms with Crippen LogP contribution in [0.2, 0.25) is 0 Å². The van der Waals surface area contributed by atoms with E-state index in [-0.39, 0.29) is 11.0 Å². The Balaban J connectivity index is 0. The zero-order chi connectivity index (χ0) is 7.40. The number of para-hydroxylation sites is 1. The third-order valence-electron chi connectivity index (χ3n) is 1.09. The fourth-order valence-electron chi connectivity index (χ4n) is 0.640. The summed E-state index contributed by atoms with van der Waals surface area (Å²) < 4.78 is 5.83. The predicted molar refractivity (Wildman–Crippen MR) is 42.4 cm³/mol. The van der Waals surface area contributed by atoms with Gasteiger partial charge in [-0.05, 0) is 0 Å². The Morgan fingerprint density at radius 3 is 2.33 bits per heavy atom. The topological polar surface area (TPSA) is 86.3 Å². The van der Waals surface area contributed by atoms with Crippen LogP contribution in [-0.2, 0) is 4.79 Å². The van der Waals surface area contributed by atoms with E-state index >= 15 is 0 Å². The van der Waals surface area contributed by atoms with Gasteiger partial charge in [0.05, 0.1) is 0 Å². The molecule has 12 heavy (non-hydrogen) atoms. The van der Waals surface area contributed by atoms with Gasteiger partial charge in [0.15, 0.2) is 0 Å². The maximum atomic E-state index is 9.92. The number of carbonyl (C=O) groups is 1. The molecule has 0 saturated carbocycles. The third kappa shape index (κ3) is 3.79. The second-order valence-corrected chi connectivity index (χ2v) is 4.17. The molecular formula is C7H7O4Tl. The molecule has 0 aromatic heterocycles. The van der Waals surface area contributed by atoms with Gasteiger partial charge in [-0.3, -0.25) is 0 Å². The molecule has 0 unspecified atom stereocenters. The summed E-state index contributed by atoms with van der Waals surface area (Å²) in [5, 5.41) is 0. The predicted octanol–water partition coefficient (Wildman–Crippen LogP) is -0.338. The minimum atomic E-state index is 0. The molecule has 0 bridgehead atoms. The van der Waals surface area contributed by atoms with Gasteiger partial charge in [-0.2, -0.15) is 0 Å². The molecule has 0 aliphatic heterocycles. The van der Waals surface area contributed by atoms with Gasteiger partial charge >= 0.3 is 74.9 Å². The number of ether oxygens (including phenoxy) is 1. The van der Waals surface area contributed by atoms with Crippen molar-refractivity contribution in [2.45, 2.75) is 0 Å². The van der Waals surface area contributed by atoms with Crippen molar-refractivity contribution < 1.29 is 20.5 Å². The third-order valence-corrected chi connectivity index (χ3v) is 2.95. The van der Waals surface area contributed by atoms with E-state index in [9.17, 15) is 4.79 Å². The Morgan fingerprint density at radius 1 is 1.25 bits per heavy atom. The molecule has 0 radical (unpaired) electrons. The normalized spacial score (nSPS) is 7.50. The van der Waals surface area contributed by atoms with Crippen LogP contribution >= 0.6 is 0 Å². The van der Waals surface area contributed by atoms with Crippen LogP contribution in [0.4, 0.5) is 0 Å². The number of rotatable bonds is 2. The number of hydrogen-bond acceptors (Lipinski definition) is 4. The van der Waals surface area contributed by atoms with Gasteiger partial charge in [0.2, 0.25) is 0 Å². The van der Waals surface area contributed by atoms with E-state index in [1.165, 1.54) is 0 Å². The zero-order valence-corrected chi connectivity index (χ0v) is 10.7. The molecule has 1 aromatic carbocycles.